The first kappa shape index (κ1) is 23.9. The molecule has 3 rings (SSSR count). The molecular formula is C27H28O6. The van der Waals surface area contributed by atoms with Crippen LogP contribution in [-0.2, 0) is 4.74 Å². The molecule has 6 nitrogen and oxygen atoms in total. The molecule has 0 aromatic heterocycles. The number of carbonyl (C=O) groups is 2. The lowest BCUT2D eigenvalue weighted by Crippen LogP contribution is -2.12. The SMILES string of the molecule is CC(C)CCOc1ccc(C(=O)Oc2ccc(C(=O)OCCOc3ccccc3)cc2)cc1. The van der Waals surface area contributed by atoms with Gasteiger partial charge in [-0.3, -0.25) is 0 Å². The molecule has 0 unspecified atom stereocenters. The summed E-state index contributed by atoms with van der Waals surface area (Å²) in [6, 6.07) is 22.3. The van der Waals surface area contributed by atoms with Crippen molar-refractivity contribution in [3.63, 3.8) is 0 Å². The van der Waals surface area contributed by atoms with Gasteiger partial charge in [-0.05, 0) is 73.0 Å². The Morgan fingerprint density at radius 1 is 0.636 bits per heavy atom. The molecular weight excluding hydrogens is 420 g/mol. The van der Waals surface area contributed by atoms with Crippen molar-refractivity contribution in [2.75, 3.05) is 19.8 Å². The van der Waals surface area contributed by atoms with E-state index in [0.717, 1.165) is 6.42 Å². The van der Waals surface area contributed by atoms with Crippen molar-refractivity contribution in [2.45, 2.75) is 20.3 Å². The zero-order valence-corrected chi connectivity index (χ0v) is 18.9. The van der Waals surface area contributed by atoms with Crippen molar-refractivity contribution in [2.24, 2.45) is 5.92 Å². The van der Waals surface area contributed by atoms with Gasteiger partial charge in [-0.15, -0.1) is 0 Å². The molecule has 0 spiro atoms. The third-order valence-corrected chi connectivity index (χ3v) is 4.68. The van der Waals surface area contributed by atoms with Crippen LogP contribution in [0.3, 0.4) is 0 Å². The van der Waals surface area contributed by atoms with Crippen LogP contribution in [0.4, 0.5) is 0 Å². The van der Waals surface area contributed by atoms with E-state index in [9.17, 15) is 9.59 Å². The standard InChI is InChI=1S/C27H28O6/c1-20(2)16-17-30-24-12-8-22(9-13-24)27(29)33-25-14-10-21(11-15-25)26(28)32-19-18-31-23-6-4-3-5-7-23/h3-15,20H,16-19H2,1-2H3. The van der Waals surface area contributed by atoms with Gasteiger partial charge in [-0.2, -0.15) is 0 Å². The summed E-state index contributed by atoms with van der Waals surface area (Å²) in [7, 11) is 0. The molecule has 0 aliphatic carbocycles. The second-order valence-electron chi connectivity index (χ2n) is 7.77. The summed E-state index contributed by atoms with van der Waals surface area (Å²) >= 11 is 0. The molecule has 0 amide bonds. The number of hydrogen-bond donors (Lipinski definition) is 0. The Kier molecular flexibility index (Phi) is 8.88. The van der Waals surface area contributed by atoms with Gasteiger partial charge in [0.2, 0.25) is 0 Å². The van der Waals surface area contributed by atoms with E-state index in [2.05, 4.69) is 13.8 Å². The van der Waals surface area contributed by atoms with Crippen LogP contribution in [0.1, 0.15) is 41.0 Å². The van der Waals surface area contributed by atoms with Crippen molar-refractivity contribution in [1.82, 2.24) is 0 Å². The summed E-state index contributed by atoms with van der Waals surface area (Å²) in [4.78, 5) is 24.5. The van der Waals surface area contributed by atoms with Crippen LogP contribution in [0.2, 0.25) is 0 Å². The molecule has 0 radical (unpaired) electrons. The maximum Gasteiger partial charge on any atom is 0.343 e. The second kappa shape index (κ2) is 12.3. The topological polar surface area (TPSA) is 71.1 Å². The van der Waals surface area contributed by atoms with E-state index in [1.807, 2.05) is 30.3 Å². The second-order valence-corrected chi connectivity index (χ2v) is 7.77. The van der Waals surface area contributed by atoms with Gasteiger partial charge in [0.1, 0.15) is 30.5 Å². The van der Waals surface area contributed by atoms with E-state index >= 15 is 0 Å². The summed E-state index contributed by atoms with van der Waals surface area (Å²) in [6.45, 7) is 5.30. The number of para-hydroxylation sites is 1. The van der Waals surface area contributed by atoms with Crippen molar-refractivity contribution in [3.8, 4) is 17.2 Å². The highest BCUT2D eigenvalue weighted by molar-refractivity contribution is 5.92. The molecule has 33 heavy (non-hydrogen) atoms. The molecule has 0 fully saturated rings. The molecule has 0 atom stereocenters. The molecule has 0 bridgehead atoms. The van der Waals surface area contributed by atoms with Gasteiger partial charge >= 0.3 is 11.9 Å². The lowest BCUT2D eigenvalue weighted by molar-refractivity contribution is 0.0450. The van der Waals surface area contributed by atoms with Gasteiger partial charge in [0.05, 0.1) is 17.7 Å². The van der Waals surface area contributed by atoms with E-state index in [1.54, 1.807) is 48.5 Å². The Morgan fingerprint density at radius 3 is 1.82 bits per heavy atom. The average molecular weight is 449 g/mol. The Labute approximate surface area is 194 Å². The highest BCUT2D eigenvalue weighted by Gasteiger charge is 2.11. The zero-order chi connectivity index (χ0) is 23.5. The van der Waals surface area contributed by atoms with Gasteiger partial charge in [-0.1, -0.05) is 32.0 Å². The lowest BCUT2D eigenvalue weighted by Gasteiger charge is -2.09. The van der Waals surface area contributed by atoms with Crippen LogP contribution < -0.4 is 14.2 Å². The summed E-state index contributed by atoms with van der Waals surface area (Å²) in [6.07, 6.45) is 0.967. The molecule has 0 aliphatic heterocycles. The van der Waals surface area contributed by atoms with E-state index in [4.69, 9.17) is 18.9 Å². The maximum absolute atomic E-state index is 12.4. The van der Waals surface area contributed by atoms with Crippen LogP contribution in [0.15, 0.2) is 78.9 Å². The Balaban J connectivity index is 1.43. The normalized spacial score (nSPS) is 10.5. The van der Waals surface area contributed by atoms with Gasteiger partial charge in [0.25, 0.3) is 0 Å². The lowest BCUT2D eigenvalue weighted by atomic mass is 10.1. The third kappa shape index (κ3) is 8.00. The fourth-order valence-corrected chi connectivity index (χ4v) is 2.82. The first-order chi connectivity index (χ1) is 16.0. The third-order valence-electron chi connectivity index (χ3n) is 4.68. The van der Waals surface area contributed by atoms with Crippen molar-refractivity contribution < 1.29 is 28.5 Å². The van der Waals surface area contributed by atoms with E-state index in [1.165, 1.54) is 0 Å². The van der Waals surface area contributed by atoms with Crippen LogP contribution in [0, 0.1) is 5.92 Å². The molecule has 0 aliphatic rings. The Hall–Kier alpha value is -3.80. The fourth-order valence-electron chi connectivity index (χ4n) is 2.82. The molecule has 0 N–H and O–H groups in total. The minimum atomic E-state index is -0.489. The molecule has 0 heterocycles. The summed E-state index contributed by atoms with van der Waals surface area (Å²) in [5.74, 6) is 1.37. The highest BCUT2D eigenvalue weighted by Crippen LogP contribution is 2.18. The van der Waals surface area contributed by atoms with Gasteiger partial charge in [-0.25, -0.2) is 9.59 Å². The monoisotopic (exact) mass is 448 g/mol. The van der Waals surface area contributed by atoms with E-state index < -0.39 is 11.9 Å². The minimum Gasteiger partial charge on any atom is -0.494 e. The number of esters is 2. The van der Waals surface area contributed by atoms with Crippen molar-refractivity contribution in [3.05, 3.63) is 90.0 Å². The number of hydrogen-bond acceptors (Lipinski definition) is 6. The molecule has 3 aromatic rings. The molecule has 0 saturated carbocycles. The number of rotatable bonds is 11. The number of carbonyl (C=O) groups excluding carboxylic acids is 2. The first-order valence-corrected chi connectivity index (χ1v) is 10.9. The molecule has 172 valence electrons. The Morgan fingerprint density at radius 2 is 1.18 bits per heavy atom. The fraction of sp³-hybridized carbons (Fsp3) is 0.259. The van der Waals surface area contributed by atoms with Crippen LogP contribution in [-0.4, -0.2) is 31.8 Å². The first-order valence-electron chi connectivity index (χ1n) is 10.9. The number of ether oxygens (including phenoxy) is 4. The maximum atomic E-state index is 12.4. The summed E-state index contributed by atoms with van der Waals surface area (Å²) in [5.41, 5.74) is 0.769. The highest BCUT2D eigenvalue weighted by atomic mass is 16.6. The average Bonchev–Trinajstić information content (AvgIpc) is 2.83. The molecule has 6 heteroatoms. The quantitative estimate of drug-likeness (QED) is 0.217. The largest absolute Gasteiger partial charge is 0.494 e. The molecule has 0 saturated heterocycles. The summed E-state index contributed by atoms with van der Waals surface area (Å²) < 4.78 is 21.7. The van der Waals surface area contributed by atoms with E-state index in [-0.39, 0.29) is 13.2 Å². The van der Waals surface area contributed by atoms with Crippen LogP contribution in [0.25, 0.3) is 0 Å². The number of benzene rings is 3. The van der Waals surface area contributed by atoms with Crippen molar-refractivity contribution in [1.29, 1.82) is 0 Å². The van der Waals surface area contributed by atoms with Gasteiger partial charge in [0.15, 0.2) is 0 Å². The zero-order valence-electron chi connectivity index (χ0n) is 18.9. The van der Waals surface area contributed by atoms with Gasteiger partial charge < -0.3 is 18.9 Å². The predicted octanol–water partition coefficient (Wildman–Crippen LogP) is 5.57. The smallest absolute Gasteiger partial charge is 0.343 e. The van der Waals surface area contributed by atoms with Gasteiger partial charge in [0, 0.05) is 0 Å². The van der Waals surface area contributed by atoms with Crippen LogP contribution >= 0.6 is 0 Å². The molecule has 3 aromatic carbocycles. The summed E-state index contributed by atoms with van der Waals surface area (Å²) in [5, 5.41) is 0. The Bertz CT molecular complexity index is 1010. The van der Waals surface area contributed by atoms with Crippen LogP contribution in [0.5, 0.6) is 17.2 Å². The predicted molar refractivity (Wildman–Crippen MR) is 125 cm³/mol. The van der Waals surface area contributed by atoms with E-state index in [0.29, 0.717) is 40.9 Å². The van der Waals surface area contributed by atoms with Crippen molar-refractivity contribution >= 4 is 11.9 Å². The minimum absolute atomic E-state index is 0.127.